The van der Waals surface area contributed by atoms with E-state index in [2.05, 4.69) is 0 Å². The largest absolute Gasteiger partial charge is 0.504 e. The van der Waals surface area contributed by atoms with Gasteiger partial charge in [0.2, 0.25) is 17.8 Å². The zero-order valence-corrected chi connectivity index (χ0v) is 27.8. The number of aromatic hydroxyl groups is 9. The summed E-state index contributed by atoms with van der Waals surface area (Å²) in [5, 5.41) is 102. The molecule has 0 bridgehead atoms. The molecular weight excluding hydrogens is 752 g/mol. The maximum absolute atomic E-state index is 14.0. The van der Waals surface area contributed by atoms with Crippen LogP contribution in [0.4, 0.5) is 0 Å². The molecule has 0 aliphatic carbocycles. The number of carbonyl (C=O) groups excluding carboxylic acids is 4. The van der Waals surface area contributed by atoms with Crippen LogP contribution in [0.5, 0.6) is 51.7 Å². The lowest BCUT2D eigenvalue weighted by atomic mass is 9.98. The van der Waals surface area contributed by atoms with Crippen molar-refractivity contribution in [3.63, 3.8) is 0 Å². The Labute approximate surface area is 310 Å². The normalized spacial score (nSPS) is 21.0. The van der Waals surface area contributed by atoms with Crippen LogP contribution in [0.2, 0.25) is 0 Å². The lowest BCUT2D eigenvalue weighted by Crippen LogP contribution is -2.62. The predicted octanol–water partition coefficient (Wildman–Crippen LogP) is 2.20. The summed E-state index contributed by atoms with van der Waals surface area (Å²) in [5.41, 5.74) is -2.86. The van der Waals surface area contributed by atoms with Crippen LogP contribution in [0.15, 0.2) is 53.0 Å². The highest BCUT2D eigenvalue weighted by Gasteiger charge is 2.52. The van der Waals surface area contributed by atoms with Gasteiger partial charge in [-0.25, -0.2) is 19.2 Å². The van der Waals surface area contributed by atoms with Gasteiger partial charge in [0.05, 0.1) is 16.7 Å². The molecule has 0 amide bonds. The van der Waals surface area contributed by atoms with E-state index < -0.39 is 146 Å². The molecule has 5 atom stereocenters. The van der Waals surface area contributed by atoms with E-state index >= 15 is 0 Å². The molecule has 3 heterocycles. The Balaban J connectivity index is 1.30. The fourth-order valence-corrected chi connectivity index (χ4v) is 6.09. The van der Waals surface area contributed by atoms with Gasteiger partial charge in [-0.2, -0.15) is 0 Å². The Morgan fingerprint density at radius 1 is 0.696 bits per heavy atom. The van der Waals surface area contributed by atoms with Gasteiger partial charge in [0.1, 0.15) is 12.7 Å². The number of benzene rings is 4. The number of aliphatic hydroxyl groups excluding tert-OH is 1. The lowest BCUT2D eigenvalue weighted by molar-refractivity contribution is -0.289. The number of carbonyl (C=O) groups is 4. The van der Waals surface area contributed by atoms with E-state index in [0.717, 1.165) is 30.4 Å². The molecule has 20 nitrogen and oxygen atoms in total. The Hall–Kier alpha value is -7.58. The van der Waals surface area contributed by atoms with Gasteiger partial charge in [-0.15, -0.1) is 0 Å². The van der Waals surface area contributed by atoms with E-state index in [9.17, 15) is 70.2 Å². The second kappa shape index (κ2) is 13.7. The van der Waals surface area contributed by atoms with Crippen LogP contribution in [0.25, 0.3) is 28.0 Å². The minimum atomic E-state index is -2.25. The quantitative estimate of drug-likeness (QED) is 0.0529. The number of phenolic OH excluding ortho intramolecular Hbond substituents is 9. The van der Waals surface area contributed by atoms with Crippen molar-refractivity contribution < 1.29 is 98.3 Å². The molecule has 1 saturated heterocycles. The molecule has 1 fully saturated rings. The smallest absolute Gasteiger partial charge is 0.339 e. The highest BCUT2D eigenvalue weighted by Crippen LogP contribution is 2.48. The van der Waals surface area contributed by atoms with Gasteiger partial charge in [0.15, 0.2) is 69.7 Å². The summed E-state index contributed by atoms with van der Waals surface area (Å²) in [6, 6.07) is 6.37. The summed E-state index contributed by atoms with van der Waals surface area (Å²) in [6.45, 7) is -0.939. The molecule has 290 valence electrons. The van der Waals surface area contributed by atoms with Gasteiger partial charge in [-0.05, 0) is 48.0 Å². The highest BCUT2D eigenvalue weighted by molar-refractivity contribution is 6.23. The van der Waals surface area contributed by atoms with Crippen molar-refractivity contribution in [3.05, 3.63) is 70.8 Å². The molecule has 5 aromatic rings. The van der Waals surface area contributed by atoms with Crippen molar-refractivity contribution in [1.29, 1.82) is 0 Å². The van der Waals surface area contributed by atoms with Gasteiger partial charge in [0, 0.05) is 16.8 Å². The molecular formula is C36H26O20. The third-order valence-electron chi connectivity index (χ3n) is 8.79. The summed E-state index contributed by atoms with van der Waals surface area (Å²) < 4.78 is 33.0. The van der Waals surface area contributed by atoms with Gasteiger partial charge in [-0.3, -0.25) is 0 Å². The number of cyclic esters (lactones) is 1. The highest BCUT2D eigenvalue weighted by atomic mass is 16.7. The maximum atomic E-state index is 14.0. The van der Waals surface area contributed by atoms with E-state index in [4.69, 9.17) is 28.1 Å². The van der Waals surface area contributed by atoms with E-state index in [0.29, 0.717) is 18.2 Å². The van der Waals surface area contributed by atoms with Crippen LogP contribution in [-0.4, -0.2) is 112 Å². The van der Waals surface area contributed by atoms with Crippen LogP contribution in [0, 0.1) is 0 Å². The summed E-state index contributed by atoms with van der Waals surface area (Å²) in [5.74, 6) is -12.9. The van der Waals surface area contributed by atoms with E-state index in [1.807, 2.05) is 0 Å². The van der Waals surface area contributed by atoms with Crippen molar-refractivity contribution in [2.75, 3.05) is 6.61 Å². The zero-order valence-electron chi connectivity index (χ0n) is 27.8. The first-order valence-electron chi connectivity index (χ1n) is 16.0. The Morgan fingerprint density at radius 3 is 1.89 bits per heavy atom. The number of hydrogen-bond donors (Lipinski definition) is 10. The summed E-state index contributed by atoms with van der Waals surface area (Å²) in [7, 11) is 0. The van der Waals surface area contributed by atoms with Crippen LogP contribution in [-0.2, 0) is 28.5 Å². The first-order valence-corrected chi connectivity index (χ1v) is 16.0. The molecule has 0 radical (unpaired) electrons. The minimum Gasteiger partial charge on any atom is -0.504 e. The number of furan rings is 1. The minimum absolute atomic E-state index is 0.209. The summed E-state index contributed by atoms with van der Waals surface area (Å²) in [4.78, 5) is 54.0. The number of aliphatic hydroxyl groups is 1. The third-order valence-corrected chi connectivity index (χ3v) is 8.79. The fraction of sp³-hybridized carbons (Fsp3) is 0.167. The molecule has 10 N–H and O–H groups in total. The molecule has 5 unspecified atom stereocenters. The second-order valence-corrected chi connectivity index (χ2v) is 12.3. The Kier molecular flexibility index (Phi) is 8.98. The lowest BCUT2D eigenvalue weighted by Gasteiger charge is -2.42. The van der Waals surface area contributed by atoms with Crippen molar-refractivity contribution in [1.82, 2.24) is 0 Å². The second-order valence-electron chi connectivity index (χ2n) is 12.3. The van der Waals surface area contributed by atoms with Crippen LogP contribution >= 0.6 is 0 Å². The fourth-order valence-electron chi connectivity index (χ4n) is 6.09. The summed E-state index contributed by atoms with van der Waals surface area (Å²) in [6.07, 6.45) is -8.31. The average molecular weight is 779 g/mol. The molecule has 2 aliphatic rings. The molecule has 4 aromatic carbocycles. The molecule has 56 heavy (non-hydrogen) atoms. The van der Waals surface area contributed by atoms with E-state index in [1.54, 1.807) is 0 Å². The maximum Gasteiger partial charge on any atom is 0.339 e. The first-order chi connectivity index (χ1) is 26.5. The third kappa shape index (κ3) is 6.29. The molecule has 0 saturated carbocycles. The van der Waals surface area contributed by atoms with Crippen LogP contribution in [0.1, 0.15) is 36.6 Å². The number of phenols is 9. The Bertz CT molecular complexity index is 2490. The van der Waals surface area contributed by atoms with Crippen LogP contribution in [0.3, 0.4) is 0 Å². The van der Waals surface area contributed by atoms with Gasteiger partial charge >= 0.3 is 23.9 Å². The van der Waals surface area contributed by atoms with Crippen molar-refractivity contribution >= 4 is 51.9 Å². The molecule has 1 aromatic heterocycles. The van der Waals surface area contributed by atoms with Crippen molar-refractivity contribution in [3.8, 4) is 51.7 Å². The van der Waals surface area contributed by atoms with E-state index in [1.165, 1.54) is 6.07 Å². The number of rotatable bonds is 5. The van der Waals surface area contributed by atoms with Gasteiger partial charge in [-0.1, -0.05) is 6.07 Å². The molecule has 2 aliphatic heterocycles. The monoisotopic (exact) mass is 778 g/mol. The number of fused-ring (bicyclic) bond motifs is 1. The molecule has 20 heteroatoms. The van der Waals surface area contributed by atoms with Gasteiger partial charge in [0.25, 0.3) is 0 Å². The van der Waals surface area contributed by atoms with E-state index in [-0.39, 0.29) is 10.9 Å². The Morgan fingerprint density at radius 2 is 1.29 bits per heavy atom. The number of esters is 4. The van der Waals surface area contributed by atoms with Crippen molar-refractivity contribution in [2.45, 2.75) is 30.7 Å². The standard InChI is InChI=1S/C36H26O20/c37-15-3-1-11(5-16(15)38)2-4-22(43)53-36-28(47)32(56-33(48)12-6-17(39)25(44)18(40)7-12)29-21(52-36)10-51-34(49)13-8-19(41)26(45)30-23(13)24-14(35(50)55-29)9-20(42)27(46)31(24)54-30/h1-9,21,28-29,32,36-42,44-47H,10H2. The van der Waals surface area contributed by atoms with Crippen LogP contribution < -0.4 is 0 Å². The predicted molar refractivity (Wildman–Crippen MR) is 180 cm³/mol. The number of ether oxygens (including phenoxy) is 5. The topological polar surface area (TPSA) is 330 Å². The SMILES string of the molecule is O=C(C=Cc1ccc(O)c(O)c1)OC1OC2COC(=O)c3cc(O)c(O)c4oc5c(O)c(O)cc(c5c34)C(=O)OC2C(OC(=O)c2cc(O)c(O)c(O)c2)C1O. The molecule has 0 spiro atoms. The summed E-state index contributed by atoms with van der Waals surface area (Å²) >= 11 is 0. The number of hydrogen-bond acceptors (Lipinski definition) is 20. The molecule has 7 rings (SSSR count). The first kappa shape index (κ1) is 36.8. The average Bonchev–Trinajstić information content (AvgIpc) is 3.56. The van der Waals surface area contributed by atoms with Gasteiger partial charge < -0.3 is 79.2 Å². The zero-order chi connectivity index (χ0) is 40.3. The van der Waals surface area contributed by atoms with Crippen molar-refractivity contribution in [2.24, 2.45) is 0 Å².